The molecule has 6 nitrogen and oxygen atoms in total. The molecule has 4 N–H and O–H groups in total. The molecule has 88 valence electrons. The van der Waals surface area contributed by atoms with Crippen molar-refractivity contribution in [3.05, 3.63) is 41.2 Å². The van der Waals surface area contributed by atoms with Gasteiger partial charge in [-0.2, -0.15) is 0 Å². The minimum Gasteiger partial charge on any atom is -0.397 e. The second kappa shape index (κ2) is 4.84. The van der Waals surface area contributed by atoms with Gasteiger partial charge in [-0.25, -0.2) is 9.97 Å². The highest BCUT2D eigenvalue weighted by molar-refractivity contribution is 6.32. The Kier molecular flexibility index (Phi) is 3.24. The number of nitrogen functional groups attached to an aromatic ring is 1. The molecular weight excluding hydrogens is 242 g/mol. The number of aromatic nitrogens is 3. The standard InChI is InChI=1S/C10H10ClN5O/c11-9-8(1-6(12)2-14-9)10(17)15-4-7-3-13-5-16-7/h1-3,5H,4,12H2,(H,13,16)(H,15,17). The molecule has 17 heavy (non-hydrogen) atoms. The van der Waals surface area contributed by atoms with Crippen molar-refractivity contribution < 1.29 is 4.79 Å². The monoisotopic (exact) mass is 251 g/mol. The molecule has 0 fully saturated rings. The maximum Gasteiger partial charge on any atom is 0.254 e. The summed E-state index contributed by atoms with van der Waals surface area (Å²) in [5.74, 6) is -0.329. The van der Waals surface area contributed by atoms with Crippen LogP contribution in [0.15, 0.2) is 24.8 Å². The number of hydrogen-bond acceptors (Lipinski definition) is 4. The average Bonchev–Trinajstić information content (AvgIpc) is 2.82. The lowest BCUT2D eigenvalue weighted by Crippen LogP contribution is -2.23. The molecule has 7 heteroatoms. The topological polar surface area (TPSA) is 96.7 Å². The molecule has 0 saturated carbocycles. The highest BCUT2D eigenvalue weighted by Gasteiger charge is 2.11. The third-order valence-corrected chi connectivity index (χ3v) is 2.40. The average molecular weight is 252 g/mol. The lowest BCUT2D eigenvalue weighted by molar-refractivity contribution is 0.0950. The summed E-state index contributed by atoms with van der Waals surface area (Å²) in [6, 6.07) is 1.48. The Morgan fingerprint density at radius 1 is 1.53 bits per heavy atom. The number of pyridine rings is 1. The fraction of sp³-hybridized carbons (Fsp3) is 0.100. The number of halogens is 1. The van der Waals surface area contributed by atoms with Gasteiger partial charge in [0, 0.05) is 6.20 Å². The molecule has 2 aromatic heterocycles. The van der Waals surface area contributed by atoms with Crippen LogP contribution in [0.2, 0.25) is 5.15 Å². The molecule has 0 saturated heterocycles. The van der Waals surface area contributed by atoms with Gasteiger partial charge in [0.15, 0.2) is 0 Å². The van der Waals surface area contributed by atoms with Gasteiger partial charge in [-0.3, -0.25) is 4.79 Å². The number of anilines is 1. The van der Waals surface area contributed by atoms with Crippen molar-refractivity contribution in [1.29, 1.82) is 0 Å². The zero-order valence-corrected chi connectivity index (χ0v) is 9.53. The Hall–Kier alpha value is -2.08. The third-order valence-electron chi connectivity index (χ3n) is 2.10. The van der Waals surface area contributed by atoms with Gasteiger partial charge < -0.3 is 16.0 Å². The molecule has 2 rings (SSSR count). The van der Waals surface area contributed by atoms with Crippen LogP contribution in [0, 0.1) is 0 Å². The molecule has 0 aliphatic rings. The first-order valence-corrected chi connectivity index (χ1v) is 5.21. The fourth-order valence-corrected chi connectivity index (χ4v) is 1.46. The molecule has 1 amide bonds. The second-order valence-electron chi connectivity index (χ2n) is 3.37. The minimum atomic E-state index is -0.329. The number of carbonyl (C=O) groups is 1. The maximum absolute atomic E-state index is 11.8. The van der Waals surface area contributed by atoms with Crippen LogP contribution in [0.1, 0.15) is 16.1 Å². The van der Waals surface area contributed by atoms with Crippen molar-refractivity contribution in [3.8, 4) is 0 Å². The number of nitrogens with zero attached hydrogens (tertiary/aromatic N) is 2. The molecule has 0 spiro atoms. The molecule has 0 radical (unpaired) electrons. The van der Waals surface area contributed by atoms with E-state index in [1.807, 2.05) is 0 Å². The van der Waals surface area contributed by atoms with Crippen molar-refractivity contribution in [3.63, 3.8) is 0 Å². The van der Waals surface area contributed by atoms with Gasteiger partial charge in [-0.05, 0) is 6.07 Å². The van der Waals surface area contributed by atoms with Crippen LogP contribution in [-0.2, 0) is 6.54 Å². The van der Waals surface area contributed by atoms with Crippen LogP contribution in [0.3, 0.4) is 0 Å². The summed E-state index contributed by atoms with van der Waals surface area (Å²) in [6.07, 6.45) is 4.56. The van der Waals surface area contributed by atoms with E-state index < -0.39 is 0 Å². The lowest BCUT2D eigenvalue weighted by Gasteiger charge is -2.05. The smallest absolute Gasteiger partial charge is 0.254 e. The number of rotatable bonds is 3. The van der Waals surface area contributed by atoms with E-state index in [0.717, 1.165) is 5.69 Å². The van der Waals surface area contributed by atoms with Crippen LogP contribution >= 0.6 is 11.6 Å². The Balaban J connectivity index is 2.07. The Labute approximate surface area is 102 Å². The van der Waals surface area contributed by atoms with Crippen LogP contribution in [0.5, 0.6) is 0 Å². The van der Waals surface area contributed by atoms with E-state index in [0.29, 0.717) is 12.2 Å². The number of aromatic amines is 1. The number of nitrogens with two attached hydrogens (primary N) is 1. The van der Waals surface area contributed by atoms with E-state index in [1.165, 1.54) is 18.6 Å². The van der Waals surface area contributed by atoms with E-state index >= 15 is 0 Å². The van der Waals surface area contributed by atoms with Crippen LogP contribution in [0.4, 0.5) is 5.69 Å². The molecule has 0 aliphatic carbocycles. The molecule has 2 heterocycles. The first-order valence-electron chi connectivity index (χ1n) is 4.83. The van der Waals surface area contributed by atoms with E-state index in [-0.39, 0.29) is 16.6 Å². The number of amides is 1. The number of H-pyrrole nitrogens is 1. The molecule has 0 unspecified atom stereocenters. The first kappa shape index (κ1) is 11.4. The SMILES string of the molecule is Nc1cnc(Cl)c(C(=O)NCc2cnc[nH]2)c1. The molecule has 0 aromatic carbocycles. The predicted molar refractivity (Wildman–Crippen MR) is 63.4 cm³/mol. The van der Waals surface area contributed by atoms with Crippen LogP contribution in [-0.4, -0.2) is 20.9 Å². The summed E-state index contributed by atoms with van der Waals surface area (Å²) in [4.78, 5) is 22.3. The van der Waals surface area contributed by atoms with Crippen molar-refractivity contribution in [2.75, 3.05) is 5.73 Å². The van der Waals surface area contributed by atoms with Gasteiger partial charge in [0.2, 0.25) is 0 Å². The zero-order chi connectivity index (χ0) is 12.3. The quantitative estimate of drug-likeness (QED) is 0.708. The number of nitrogens with one attached hydrogen (secondary N) is 2. The Morgan fingerprint density at radius 2 is 2.35 bits per heavy atom. The van der Waals surface area contributed by atoms with Gasteiger partial charge >= 0.3 is 0 Å². The van der Waals surface area contributed by atoms with E-state index in [2.05, 4.69) is 20.3 Å². The van der Waals surface area contributed by atoms with Crippen molar-refractivity contribution >= 4 is 23.2 Å². The largest absolute Gasteiger partial charge is 0.397 e. The van der Waals surface area contributed by atoms with Gasteiger partial charge in [-0.15, -0.1) is 0 Å². The van der Waals surface area contributed by atoms with Gasteiger partial charge in [0.05, 0.1) is 36.0 Å². The molecule has 0 atom stereocenters. The zero-order valence-electron chi connectivity index (χ0n) is 8.77. The summed E-state index contributed by atoms with van der Waals surface area (Å²) in [5, 5.41) is 2.81. The van der Waals surface area contributed by atoms with E-state index in [9.17, 15) is 4.79 Å². The van der Waals surface area contributed by atoms with Crippen LogP contribution in [0.25, 0.3) is 0 Å². The first-order chi connectivity index (χ1) is 8.16. The van der Waals surface area contributed by atoms with Crippen LogP contribution < -0.4 is 11.1 Å². The molecule has 2 aromatic rings. The summed E-state index contributed by atoms with van der Waals surface area (Å²) >= 11 is 5.80. The third kappa shape index (κ3) is 2.73. The van der Waals surface area contributed by atoms with E-state index in [1.54, 1.807) is 6.20 Å². The number of carbonyl (C=O) groups excluding carboxylic acids is 1. The Morgan fingerprint density at radius 3 is 3.06 bits per heavy atom. The number of imidazole rings is 1. The predicted octanol–water partition coefficient (Wildman–Crippen LogP) is 0.970. The van der Waals surface area contributed by atoms with Gasteiger partial charge in [-0.1, -0.05) is 11.6 Å². The number of hydrogen-bond donors (Lipinski definition) is 3. The highest BCUT2D eigenvalue weighted by Crippen LogP contribution is 2.15. The molecular formula is C10H10ClN5O. The maximum atomic E-state index is 11.8. The molecule has 0 bridgehead atoms. The van der Waals surface area contributed by atoms with Crippen molar-refractivity contribution in [1.82, 2.24) is 20.3 Å². The molecule has 0 aliphatic heterocycles. The normalized spacial score (nSPS) is 10.2. The van der Waals surface area contributed by atoms with Gasteiger partial charge in [0.25, 0.3) is 5.91 Å². The van der Waals surface area contributed by atoms with Crippen molar-refractivity contribution in [2.24, 2.45) is 0 Å². The second-order valence-corrected chi connectivity index (χ2v) is 3.72. The summed E-state index contributed by atoms with van der Waals surface area (Å²) in [6.45, 7) is 0.337. The van der Waals surface area contributed by atoms with E-state index in [4.69, 9.17) is 17.3 Å². The summed E-state index contributed by atoms with van der Waals surface area (Å²) in [5.41, 5.74) is 6.98. The summed E-state index contributed by atoms with van der Waals surface area (Å²) < 4.78 is 0. The van der Waals surface area contributed by atoms with Gasteiger partial charge in [0.1, 0.15) is 5.15 Å². The minimum absolute atomic E-state index is 0.126. The Bertz CT molecular complexity index is 525. The highest BCUT2D eigenvalue weighted by atomic mass is 35.5. The summed E-state index contributed by atoms with van der Waals surface area (Å²) in [7, 11) is 0. The van der Waals surface area contributed by atoms with Crippen molar-refractivity contribution in [2.45, 2.75) is 6.54 Å². The lowest BCUT2D eigenvalue weighted by atomic mass is 10.2. The fourth-order valence-electron chi connectivity index (χ4n) is 1.28.